The molecule has 6 heteroatoms. The number of likely N-dealkylation sites (N-methyl/N-ethyl adjacent to an activating group) is 1. The molecule has 1 aliphatic rings. The molecule has 0 aromatic heterocycles. The monoisotopic (exact) mass is 442 g/mol. The van der Waals surface area contributed by atoms with Crippen LogP contribution in [0.1, 0.15) is 18.1 Å². The van der Waals surface area contributed by atoms with Gasteiger partial charge >= 0.3 is 0 Å². The Hall–Kier alpha value is -4.06. The predicted octanol–water partition coefficient (Wildman–Crippen LogP) is 4.51. The maximum absolute atomic E-state index is 13.6. The maximum atomic E-state index is 13.6. The van der Waals surface area contributed by atoms with Crippen molar-refractivity contribution in [3.63, 3.8) is 0 Å². The standard InChI is InChI=1S/C27H26N2O4/c1-4-33-23-16-12-21(13-17-23)29-26(30)24(20-10-14-22(32-3)15-11-20)25(27(29)31)28(2)18-19-8-6-5-7-9-19/h5-17H,4,18H2,1-3H3. The Morgan fingerprint density at radius 3 is 2.06 bits per heavy atom. The minimum absolute atomic E-state index is 0.353. The molecule has 0 N–H and O–H groups in total. The van der Waals surface area contributed by atoms with E-state index >= 15 is 0 Å². The molecule has 0 bridgehead atoms. The predicted molar refractivity (Wildman–Crippen MR) is 128 cm³/mol. The van der Waals surface area contributed by atoms with Crippen molar-refractivity contribution in [1.82, 2.24) is 4.90 Å². The Morgan fingerprint density at radius 1 is 0.818 bits per heavy atom. The lowest BCUT2D eigenvalue weighted by Crippen LogP contribution is -2.34. The first-order valence-electron chi connectivity index (χ1n) is 10.8. The van der Waals surface area contributed by atoms with Crippen LogP contribution in [0.4, 0.5) is 5.69 Å². The van der Waals surface area contributed by atoms with Crippen LogP contribution in [0.25, 0.3) is 5.57 Å². The summed E-state index contributed by atoms with van der Waals surface area (Å²) in [7, 11) is 3.42. The van der Waals surface area contributed by atoms with Crippen LogP contribution in [0.2, 0.25) is 0 Å². The van der Waals surface area contributed by atoms with E-state index in [1.165, 1.54) is 4.90 Å². The van der Waals surface area contributed by atoms with Crippen LogP contribution in [0.15, 0.2) is 84.6 Å². The van der Waals surface area contributed by atoms with Crippen molar-refractivity contribution in [3.8, 4) is 11.5 Å². The first-order chi connectivity index (χ1) is 16.0. The molecule has 2 amide bonds. The second-order valence-corrected chi connectivity index (χ2v) is 7.67. The molecule has 168 valence electrons. The minimum atomic E-state index is -0.357. The van der Waals surface area contributed by atoms with E-state index in [0.29, 0.717) is 47.2 Å². The van der Waals surface area contributed by atoms with Gasteiger partial charge in [0.1, 0.15) is 17.2 Å². The molecule has 0 radical (unpaired) electrons. The second kappa shape index (κ2) is 9.61. The third kappa shape index (κ3) is 4.46. The summed E-state index contributed by atoms with van der Waals surface area (Å²) in [6, 6.07) is 24.0. The van der Waals surface area contributed by atoms with Crippen LogP contribution >= 0.6 is 0 Å². The SMILES string of the molecule is CCOc1ccc(N2C(=O)C(c3ccc(OC)cc3)=C(N(C)Cc3ccccc3)C2=O)cc1. The summed E-state index contributed by atoms with van der Waals surface area (Å²) in [5.41, 5.74) is 2.94. The molecule has 3 aromatic carbocycles. The van der Waals surface area contributed by atoms with E-state index in [1.54, 1.807) is 55.6 Å². The zero-order valence-corrected chi connectivity index (χ0v) is 18.9. The molecule has 0 fully saturated rings. The number of hydrogen-bond acceptors (Lipinski definition) is 5. The topological polar surface area (TPSA) is 59.1 Å². The van der Waals surface area contributed by atoms with Gasteiger partial charge in [-0.1, -0.05) is 42.5 Å². The summed E-state index contributed by atoms with van der Waals surface area (Å²) < 4.78 is 10.8. The van der Waals surface area contributed by atoms with Crippen LogP contribution in [-0.4, -0.2) is 37.5 Å². The summed E-state index contributed by atoms with van der Waals surface area (Å²) in [5.74, 6) is 0.654. The Kier molecular flexibility index (Phi) is 6.45. The number of methoxy groups -OCH3 is 1. The zero-order chi connectivity index (χ0) is 23.4. The fourth-order valence-electron chi connectivity index (χ4n) is 3.92. The molecule has 1 aliphatic heterocycles. The molecule has 4 rings (SSSR count). The van der Waals surface area contributed by atoms with Gasteiger partial charge in [0, 0.05) is 13.6 Å². The highest BCUT2D eigenvalue weighted by molar-refractivity contribution is 6.45. The van der Waals surface area contributed by atoms with Gasteiger partial charge in [-0.05, 0) is 54.4 Å². The van der Waals surface area contributed by atoms with Gasteiger partial charge in [-0.2, -0.15) is 0 Å². The third-order valence-corrected chi connectivity index (χ3v) is 5.49. The highest BCUT2D eigenvalue weighted by Crippen LogP contribution is 2.36. The van der Waals surface area contributed by atoms with Crippen molar-refractivity contribution >= 4 is 23.1 Å². The maximum Gasteiger partial charge on any atom is 0.282 e. The van der Waals surface area contributed by atoms with Gasteiger partial charge in [-0.25, -0.2) is 4.90 Å². The Bertz CT molecular complexity index is 1170. The molecule has 0 saturated heterocycles. The third-order valence-electron chi connectivity index (χ3n) is 5.49. The lowest BCUT2D eigenvalue weighted by molar-refractivity contribution is -0.120. The smallest absolute Gasteiger partial charge is 0.282 e. The van der Waals surface area contributed by atoms with Crippen LogP contribution in [-0.2, 0) is 16.1 Å². The number of carbonyl (C=O) groups is 2. The van der Waals surface area contributed by atoms with Crippen molar-refractivity contribution in [2.24, 2.45) is 0 Å². The second-order valence-electron chi connectivity index (χ2n) is 7.67. The number of ether oxygens (including phenoxy) is 2. The summed E-state index contributed by atoms with van der Waals surface area (Å²) in [6.45, 7) is 2.94. The van der Waals surface area contributed by atoms with Gasteiger partial charge in [0.2, 0.25) is 0 Å². The van der Waals surface area contributed by atoms with Crippen molar-refractivity contribution in [1.29, 1.82) is 0 Å². The molecule has 0 atom stereocenters. The average Bonchev–Trinajstić information content (AvgIpc) is 3.10. The lowest BCUT2D eigenvalue weighted by atomic mass is 10.0. The van der Waals surface area contributed by atoms with E-state index < -0.39 is 0 Å². The van der Waals surface area contributed by atoms with Gasteiger partial charge < -0.3 is 14.4 Å². The van der Waals surface area contributed by atoms with E-state index in [9.17, 15) is 9.59 Å². The van der Waals surface area contributed by atoms with Crippen molar-refractivity contribution in [3.05, 3.63) is 95.7 Å². The molecule has 0 saturated carbocycles. The number of hydrogen-bond donors (Lipinski definition) is 0. The average molecular weight is 443 g/mol. The Balaban J connectivity index is 1.75. The molecule has 1 heterocycles. The largest absolute Gasteiger partial charge is 0.497 e. The number of rotatable bonds is 8. The number of benzene rings is 3. The lowest BCUT2D eigenvalue weighted by Gasteiger charge is -2.21. The van der Waals surface area contributed by atoms with E-state index in [-0.39, 0.29) is 11.8 Å². The summed E-state index contributed by atoms with van der Waals surface area (Å²) in [5, 5.41) is 0. The molecule has 6 nitrogen and oxygen atoms in total. The summed E-state index contributed by atoms with van der Waals surface area (Å²) in [6.07, 6.45) is 0. The van der Waals surface area contributed by atoms with E-state index in [0.717, 1.165) is 5.56 Å². The molecule has 33 heavy (non-hydrogen) atoms. The van der Waals surface area contributed by atoms with E-state index in [2.05, 4.69) is 0 Å². The van der Waals surface area contributed by atoms with Crippen molar-refractivity contribution in [2.75, 3.05) is 25.7 Å². The van der Waals surface area contributed by atoms with Gasteiger partial charge in [-0.15, -0.1) is 0 Å². The summed E-state index contributed by atoms with van der Waals surface area (Å²) >= 11 is 0. The number of carbonyl (C=O) groups excluding carboxylic acids is 2. The molecular formula is C27H26N2O4. The quantitative estimate of drug-likeness (QED) is 0.481. The number of amides is 2. The van der Waals surface area contributed by atoms with Gasteiger partial charge in [-0.3, -0.25) is 9.59 Å². The molecule has 0 unspecified atom stereocenters. The number of anilines is 1. The fourth-order valence-corrected chi connectivity index (χ4v) is 3.92. The van der Waals surface area contributed by atoms with Gasteiger partial charge in [0.15, 0.2) is 0 Å². The first kappa shape index (κ1) is 22.1. The fraction of sp³-hybridized carbons (Fsp3) is 0.185. The molecule has 3 aromatic rings. The van der Waals surface area contributed by atoms with Crippen LogP contribution in [0.5, 0.6) is 11.5 Å². The van der Waals surface area contributed by atoms with Gasteiger partial charge in [0.25, 0.3) is 11.8 Å². The Labute approximate surface area is 193 Å². The summed E-state index contributed by atoms with van der Waals surface area (Å²) in [4.78, 5) is 30.3. The van der Waals surface area contributed by atoms with Crippen LogP contribution in [0.3, 0.4) is 0 Å². The minimum Gasteiger partial charge on any atom is -0.497 e. The van der Waals surface area contributed by atoms with Crippen LogP contribution in [0, 0.1) is 0 Å². The number of imide groups is 1. The zero-order valence-electron chi connectivity index (χ0n) is 18.9. The first-order valence-corrected chi connectivity index (χ1v) is 10.8. The van der Waals surface area contributed by atoms with Crippen molar-refractivity contribution in [2.45, 2.75) is 13.5 Å². The number of nitrogens with zero attached hydrogens (tertiary/aromatic N) is 2. The van der Waals surface area contributed by atoms with E-state index in [1.807, 2.05) is 49.2 Å². The van der Waals surface area contributed by atoms with Gasteiger partial charge in [0.05, 0.1) is 25.0 Å². The van der Waals surface area contributed by atoms with Crippen LogP contribution < -0.4 is 14.4 Å². The molecule has 0 aliphatic carbocycles. The molecular weight excluding hydrogens is 416 g/mol. The highest BCUT2D eigenvalue weighted by atomic mass is 16.5. The normalized spacial score (nSPS) is 13.5. The molecule has 0 spiro atoms. The highest BCUT2D eigenvalue weighted by Gasteiger charge is 2.41. The van der Waals surface area contributed by atoms with Crippen molar-refractivity contribution < 1.29 is 19.1 Å². The van der Waals surface area contributed by atoms with E-state index in [4.69, 9.17) is 9.47 Å². The Morgan fingerprint density at radius 2 is 1.45 bits per heavy atom.